The van der Waals surface area contributed by atoms with E-state index in [4.69, 9.17) is 18.2 Å². The van der Waals surface area contributed by atoms with Gasteiger partial charge in [0.2, 0.25) is 15.7 Å². The second-order valence-corrected chi connectivity index (χ2v) is 9.54. The van der Waals surface area contributed by atoms with E-state index in [9.17, 15) is 17.9 Å². The number of hydrogen-bond donors (Lipinski definition) is 2. The summed E-state index contributed by atoms with van der Waals surface area (Å²) in [5.74, 6) is -0.604. The number of nitrogens with zero attached hydrogens (tertiary/aromatic N) is 3. The third kappa shape index (κ3) is 4.20. The second-order valence-electron chi connectivity index (χ2n) is 7.23. The van der Waals surface area contributed by atoms with Gasteiger partial charge in [-0.1, -0.05) is 23.7 Å². The fraction of sp³-hybridized carbons (Fsp3) is 0.238. The highest BCUT2D eigenvalue weighted by Crippen LogP contribution is 2.33. The van der Waals surface area contributed by atoms with Gasteiger partial charge in [0.25, 0.3) is 0 Å². The molecule has 10 heteroatoms. The predicted molar refractivity (Wildman–Crippen MR) is 115 cm³/mol. The largest absolute Gasteiger partial charge is 0.393 e. The molecule has 2 heterocycles. The van der Waals surface area contributed by atoms with Crippen LogP contribution in [0.2, 0.25) is 5.02 Å². The number of benzene rings is 2. The van der Waals surface area contributed by atoms with Crippen molar-refractivity contribution in [2.75, 3.05) is 13.1 Å². The molecule has 1 aliphatic rings. The third-order valence-electron chi connectivity index (χ3n) is 5.22. The summed E-state index contributed by atoms with van der Waals surface area (Å²) in [6, 6.07) is 10.5. The number of aromatic amines is 1. The Bertz CT molecular complexity index is 1280. The number of sulfonamides is 1. The van der Waals surface area contributed by atoms with Crippen LogP contribution < -0.4 is 0 Å². The Morgan fingerprint density at radius 3 is 2.58 bits per heavy atom. The van der Waals surface area contributed by atoms with Gasteiger partial charge in [-0.05, 0) is 48.7 Å². The number of aliphatic hydroxyl groups excluding tert-OH is 1. The first-order chi connectivity index (χ1) is 14.8. The van der Waals surface area contributed by atoms with Crippen LogP contribution in [0.5, 0.6) is 0 Å². The number of H-pyrrole nitrogens is 1. The van der Waals surface area contributed by atoms with Crippen LogP contribution in [0.25, 0.3) is 27.4 Å². The van der Waals surface area contributed by atoms with Crippen molar-refractivity contribution in [3.8, 4) is 22.5 Å². The van der Waals surface area contributed by atoms with E-state index >= 15 is 0 Å². The number of nitrogens with one attached hydrogen (secondary N) is 1. The van der Waals surface area contributed by atoms with Crippen LogP contribution in [-0.2, 0) is 10.0 Å². The minimum atomic E-state index is -3.82. The first-order valence-electron chi connectivity index (χ1n) is 9.50. The van der Waals surface area contributed by atoms with Gasteiger partial charge < -0.3 is 5.11 Å². The molecule has 7 nitrogen and oxygen atoms in total. The minimum absolute atomic E-state index is 0.0173. The Kier molecular flexibility index (Phi) is 5.81. The number of hydrogen-bond acceptors (Lipinski definition) is 4. The minimum Gasteiger partial charge on any atom is -0.393 e. The molecule has 0 aliphatic carbocycles. The Morgan fingerprint density at radius 1 is 1.16 bits per heavy atom. The predicted octanol–water partition coefficient (Wildman–Crippen LogP) is 4.23. The van der Waals surface area contributed by atoms with Crippen LogP contribution in [0.1, 0.15) is 12.8 Å². The summed E-state index contributed by atoms with van der Waals surface area (Å²) in [4.78, 5) is 3.14. The van der Waals surface area contributed by atoms with Gasteiger partial charge in [0.05, 0.1) is 29.1 Å². The quantitative estimate of drug-likeness (QED) is 0.570. The lowest BCUT2D eigenvalue weighted by molar-refractivity contribution is 0.113. The molecule has 4 rings (SSSR count). The summed E-state index contributed by atoms with van der Waals surface area (Å²) < 4.78 is 41.1. The Hall–Kier alpha value is -2.77. The zero-order valence-corrected chi connectivity index (χ0v) is 17.8. The van der Waals surface area contributed by atoms with E-state index in [1.165, 1.54) is 34.6 Å². The van der Waals surface area contributed by atoms with Crippen molar-refractivity contribution in [1.82, 2.24) is 14.5 Å². The number of aliphatic hydroxyl groups is 1. The molecule has 2 N–H and O–H groups in total. The van der Waals surface area contributed by atoms with Gasteiger partial charge in [-0.2, -0.15) is 9.40 Å². The summed E-state index contributed by atoms with van der Waals surface area (Å²) in [6.07, 6.45) is 0.265. The van der Waals surface area contributed by atoms with E-state index in [0.29, 0.717) is 35.4 Å². The van der Waals surface area contributed by atoms with E-state index in [0.717, 1.165) is 0 Å². The normalized spacial score (nSPS) is 15.7. The summed E-state index contributed by atoms with van der Waals surface area (Å²) in [7, 11) is -3.82. The highest BCUT2D eigenvalue weighted by molar-refractivity contribution is 7.89. The van der Waals surface area contributed by atoms with Crippen LogP contribution in [-0.4, -0.2) is 47.2 Å². The van der Waals surface area contributed by atoms with Gasteiger partial charge in [0.15, 0.2) is 0 Å². The summed E-state index contributed by atoms with van der Waals surface area (Å²) in [5, 5.41) is 16.8. The fourth-order valence-corrected chi connectivity index (χ4v) is 5.44. The van der Waals surface area contributed by atoms with Gasteiger partial charge in [0, 0.05) is 18.7 Å². The van der Waals surface area contributed by atoms with Crippen LogP contribution in [0.3, 0.4) is 0 Å². The number of aromatic nitrogens is 2. The molecule has 1 aromatic heterocycles. The van der Waals surface area contributed by atoms with E-state index in [1.54, 1.807) is 12.1 Å². The van der Waals surface area contributed by atoms with Crippen molar-refractivity contribution < 1.29 is 17.9 Å². The second kappa shape index (κ2) is 8.40. The van der Waals surface area contributed by atoms with Crippen LogP contribution in [0.15, 0.2) is 47.4 Å². The summed E-state index contributed by atoms with van der Waals surface area (Å²) in [5.41, 5.74) is 2.05. The maximum Gasteiger partial charge on any atom is 0.244 e. The molecule has 31 heavy (non-hydrogen) atoms. The monoisotopic (exact) mass is 460 g/mol. The molecule has 0 unspecified atom stereocenters. The molecule has 3 aromatic rings. The smallest absolute Gasteiger partial charge is 0.244 e. The zero-order chi connectivity index (χ0) is 22.2. The lowest BCUT2D eigenvalue weighted by Gasteiger charge is -2.29. The average molecular weight is 461 g/mol. The molecule has 1 saturated heterocycles. The van der Waals surface area contributed by atoms with Gasteiger partial charge >= 0.3 is 0 Å². The molecule has 0 spiro atoms. The molecule has 0 amide bonds. The molecule has 0 bridgehead atoms. The maximum atomic E-state index is 13.6. The van der Waals surface area contributed by atoms with Crippen LogP contribution in [0, 0.1) is 12.4 Å². The van der Waals surface area contributed by atoms with Crippen molar-refractivity contribution in [1.29, 1.82) is 0 Å². The molecule has 1 fully saturated rings. The maximum absolute atomic E-state index is 13.6. The lowest BCUT2D eigenvalue weighted by atomic mass is 10.1. The van der Waals surface area contributed by atoms with Gasteiger partial charge in [0.1, 0.15) is 10.7 Å². The van der Waals surface area contributed by atoms with Gasteiger partial charge in [-0.15, -0.1) is 0 Å². The zero-order valence-electron chi connectivity index (χ0n) is 16.2. The summed E-state index contributed by atoms with van der Waals surface area (Å²) >= 11 is 6.22. The Balaban J connectivity index is 1.67. The number of piperidine rings is 1. The molecule has 0 atom stereocenters. The van der Waals surface area contributed by atoms with Crippen molar-refractivity contribution in [3.05, 3.63) is 64.7 Å². The van der Waals surface area contributed by atoms with Crippen LogP contribution >= 0.6 is 11.6 Å². The molecular formula is C21H18ClFN4O3S. The third-order valence-corrected chi connectivity index (χ3v) is 7.60. The topological polar surface area (TPSA) is 90.6 Å². The van der Waals surface area contributed by atoms with E-state index in [1.807, 2.05) is 0 Å². The number of halogens is 2. The Morgan fingerprint density at radius 2 is 1.87 bits per heavy atom. The lowest BCUT2D eigenvalue weighted by Crippen LogP contribution is -2.40. The standard InChI is InChI=1S/C21H18ClFN4O3S/c1-24-20-10-13(3-5-17(20)23)18-12-19(26-25-18)14-2-4-16(22)21(11-14)31(29,30)27-8-6-15(28)7-9-27/h2-5,10-12,15,28H,6-9H2,(H,25,26). The SMILES string of the molecule is [C-]#[N+]c1cc(-c2cc(-c3ccc(Cl)c(S(=O)(=O)N4CCC(O)CC4)c3)[nH]n2)ccc1F. The van der Waals surface area contributed by atoms with Crippen LogP contribution in [0.4, 0.5) is 10.1 Å². The van der Waals surface area contributed by atoms with Crippen molar-refractivity contribution in [2.45, 2.75) is 23.8 Å². The van der Waals surface area contributed by atoms with Crippen molar-refractivity contribution >= 4 is 27.3 Å². The molecule has 1 aliphatic heterocycles. The highest BCUT2D eigenvalue weighted by atomic mass is 35.5. The Labute approximate surface area is 184 Å². The molecule has 2 aromatic carbocycles. The first-order valence-corrected chi connectivity index (χ1v) is 11.3. The number of rotatable bonds is 4. The van der Waals surface area contributed by atoms with E-state index in [2.05, 4.69) is 15.0 Å². The molecule has 0 saturated carbocycles. The van der Waals surface area contributed by atoms with Gasteiger partial charge in [-0.3, -0.25) is 5.10 Å². The highest BCUT2D eigenvalue weighted by Gasteiger charge is 2.30. The molecule has 0 radical (unpaired) electrons. The first kappa shape index (κ1) is 21.5. The molecular weight excluding hydrogens is 443 g/mol. The van der Waals surface area contributed by atoms with Gasteiger partial charge in [-0.25, -0.2) is 17.7 Å². The fourth-order valence-electron chi connectivity index (χ4n) is 3.47. The summed E-state index contributed by atoms with van der Waals surface area (Å²) in [6.45, 7) is 7.51. The average Bonchev–Trinajstić information content (AvgIpc) is 3.25. The van der Waals surface area contributed by atoms with E-state index < -0.39 is 21.9 Å². The molecule has 160 valence electrons. The van der Waals surface area contributed by atoms with Crippen molar-refractivity contribution in [2.24, 2.45) is 0 Å². The van der Waals surface area contributed by atoms with E-state index in [-0.39, 0.29) is 28.7 Å². The van der Waals surface area contributed by atoms with Crippen molar-refractivity contribution in [3.63, 3.8) is 0 Å².